The number of rotatable bonds is 5. The Hall–Kier alpha value is -2.28. The van der Waals surface area contributed by atoms with Crippen LogP contribution in [0, 0.1) is 11.8 Å². The number of ether oxygens (including phenoxy) is 2. The molecule has 29 heavy (non-hydrogen) atoms. The summed E-state index contributed by atoms with van der Waals surface area (Å²) in [5.74, 6) is 1.59. The maximum Gasteiger partial charge on any atom is 0.239 e. The highest BCUT2D eigenvalue weighted by molar-refractivity contribution is 6.09. The third kappa shape index (κ3) is 3.92. The van der Waals surface area contributed by atoms with Crippen molar-refractivity contribution >= 4 is 17.5 Å². The summed E-state index contributed by atoms with van der Waals surface area (Å²) in [5.41, 5.74) is 0.775. The number of nitrogens with zero attached hydrogens (tertiary/aromatic N) is 2. The number of carbonyl (C=O) groups excluding carboxylic acids is 2. The lowest BCUT2D eigenvalue weighted by atomic mass is 10.0. The molecule has 1 atom stereocenters. The molecule has 7 heteroatoms. The average Bonchev–Trinajstić information content (AvgIpc) is 3.52. The number of carbonyl (C=O) groups is 2. The van der Waals surface area contributed by atoms with Crippen molar-refractivity contribution in [1.29, 1.82) is 0 Å². The van der Waals surface area contributed by atoms with Gasteiger partial charge in [0.15, 0.2) is 11.5 Å². The minimum Gasteiger partial charge on any atom is -0.486 e. The Morgan fingerprint density at radius 2 is 1.76 bits per heavy atom. The van der Waals surface area contributed by atoms with Crippen molar-refractivity contribution in [2.24, 2.45) is 11.8 Å². The smallest absolute Gasteiger partial charge is 0.239 e. The molecule has 2 amide bonds. The van der Waals surface area contributed by atoms with Crippen molar-refractivity contribution in [2.45, 2.75) is 38.1 Å². The molecule has 3 heterocycles. The second-order valence-corrected chi connectivity index (χ2v) is 8.61. The van der Waals surface area contributed by atoms with Crippen molar-refractivity contribution < 1.29 is 19.1 Å². The highest BCUT2D eigenvalue weighted by Gasteiger charge is 2.40. The molecule has 1 aromatic carbocycles. The first-order valence-electron chi connectivity index (χ1n) is 10.9. The summed E-state index contributed by atoms with van der Waals surface area (Å²) in [6.45, 7) is 4.22. The van der Waals surface area contributed by atoms with E-state index in [1.54, 1.807) is 4.90 Å². The lowest BCUT2D eigenvalue weighted by Gasteiger charge is -2.33. The van der Waals surface area contributed by atoms with Gasteiger partial charge in [0.2, 0.25) is 11.8 Å². The summed E-state index contributed by atoms with van der Waals surface area (Å²) in [5, 5.41) is 3.64. The van der Waals surface area contributed by atoms with Gasteiger partial charge < -0.3 is 24.6 Å². The molecule has 1 saturated carbocycles. The number of likely N-dealkylation sites (tertiary alicyclic amines) is 1. The van der Waals surface area contributed by atoms with Crippen LogP contribution >= 0.6 is 0 Å². The average molecular weight is 399 g/mol. The number of nitrogens with one attached hydrogen (secondary N) is 1. The number of amides is 2. The van der Waals surface area contributed by atoms with Gasteiger partial charge in [-0.05, 0) is 56.7 Å². The van der Waals surface area contributed by atoms with Gasteiger partial charge >= 0.3 is 0 Å². The minimum atomic E-state index is -0.556. The molecule has 3 aliphatic heterocycles. The lowest BCUT2D eigenvalue weighted by Crippen LogP contribution is -2.48. The molecule has 0 bridgehead atoms. The van der Waals surface area contributed by atoms with Crippen LogP contribution in [0.5, 0.6) is 11.5 Å². The van der Waals surface area contributed by atoms with Crippen molar-refractivity contribution in [2.75, 3.05) is 44.3 Å². The van der Waals surface area contributed by atoms with E-state index < -0.39 is 5.92 Å². The van der Waals surface area contributed by atoms with E-state index in [1.165, 1.54) is 12.8 Å². The zero-order valence-electron chi connectivity index (χ0n) is 16.8. The Kier molecular flexibility index (Phi) is 5.08. The first-order valence-corrected chi connectivity index (χ1v) is 10.9. The van der Waals surface area contributed by atoms with E-state index in [4.69, 9.17) is 9.47 Å². The van der Waals surface area contributed by atoms with Crippen molar-refractivity contribution in [3.63, 3.8) is 0 Å². The van der Waals surface area contributed by atoms with E-state index in [2.05, 4.69) is 5.32 Å². The summed E-state index contributed by atoms with van der Waals surface area (Å²) < 4.78 is 11.2. The molecule has 1 aromatic rings. The number of piperidine rings is 1. The molecule has 1 unspecified atom stereocenters. The molecule has 4 aliphatic rings. The van der Waals surface area contributed by atoms with Crippen LogP contribution in [0.25, 0.3) is 0 Å². The number of fused-ring (bicyclic) bond motifs is 1. The van der Waals surface area contributed by atoms with E-state index in [9.17, 15) is 9.59 Å². The topological polar surface area (TPSA) is 71.1 Å². The fourth-order valence-electron chi connectivity index (χ4n) is 4.55. The van der Waals surface area contributed by atoms with E-state index in [1.807, 2.05) is 23.1 Å². The number of hydrogen-bond acceptors (Lipinski definition) is 5. The first-order chi connectivity index (χ1) is 14.2. The molecule has 3 fully saturated rings. The SMILES string of the molecule is O=C(C1CCN(c2ccc3c(c2)OCCO3)C1=O)N1CCC(NCC2CC2)CC1. The number of anilines is 1. The zero-order chi connectivity index (χ0) is 19.8. The van der Waals surface area contributed by atoms with Crippen LogP contribution in [-0.4, -0.2) is 62.1 Å². The Morgan fingerprint density at radius 1 is 1.00 bits per heavy atom. The van der Waals surface area contributed by atoms with Gasteiger partial charge in [0.1, 0.15) is 19.1 Å². The number of hydrogen-bond donors (Lipinski definition) is 1. The van der Waals surface area contributed by atoms with Crippen molar-refractivity contribution in [3.05, 3.63) is 18.2 Å². The second-order valence-electron chi connectivity index (χ2n) is 8.61. The van der Waals surface area contributed by atoms with E-state index in [0.29, 0.717) is 43.7 Å². The Morgan fingerprint density at radius 3 is 2.52 bits per heavy atom. The summed E-state index contributed by atoms with van der Waals surface area (Å²) in [4.78, 5) is 29.6. The van der Waals surface area contributed by atoms with E-state index >= 15 is 0 Å². The zero-order valence-corrected chi connectivity index (χ0v) is 16.8. The van der Waals surface area contributed by atoms with Crippen molar-refractivity contribution in [1.82, 2.24) is 10.2 Å². The van der Waals surface area contributed by atoms with Gasteiger partial charge in [-0.25, -0.2) is 0 Å². The fraction of sp³-hybridized carbons (Fsp3) is 0.636. The van der Waals surface area contributed by atoms with Crippen LogP contribution in [0.4, 0.5) is 5.69 Å². The first kappa shape index (κ1) is 18.7. The summed E-state index contributed by atoms with van der Waals surface area (Å²) >= 11 is 0. The predicted molar refractivity (Wildman–Crippen MR) is 108 cm³/mol. The fourth-order valence-corrected chi connectivity index (χ4v) is 4.55. The van der Waals surface area contributed by atoms with E-state index in [-0.39, 0.29) is 11.8 Å². The molecule has 2 saturated heterocycles. The van der Waals surface area contributed by atoms with Gasteiger partial charge in [0.05, 0.1) is 0 Å². The van der Waals surface area contributed by atoms with Crippen LogP contribution in [0.3, 0.4) is 0 Å². The molecule has 1 aliphatic carbocycles. The Bertz CT molecular complexity index is 786. The second kappa shape index (κ2) is 7.86. The molecule has 1 N–H and O–H groups in total. The van der Waals surface area contributed by atoms with E-state index in [0.717, 1.165) is 44.1 Å². The largest absolute Gasteiger partial charge is 0.486 e. The lowest BCUT2D eigenvalue weighted by molar-refractivity contribution is -0.140. The van der Waals surface area contributed by atoms with Crippen LogP contribution < -0.4 is 19.7 Å². The van der Waals surface area contributed by atoms with Crippen LogP contribution in [-0.2, 0) is 9.59 Å². The van der Waals surface area contributed by atoms with Gasteiger partial charge in [0, 0.05) is 37.4 Å². The van der Waals surface area contributed by atoms with Gasteiger partial charge in [-0.1, -0.05) is 0 Å². The highest BCUT2D eigenvalue weighted by Crippen LogP contribution is 2.36. The van der Waals surface area contributed by atoms with Crippen LogP contribution in [0.15, 0.2) is 18.2 Å². The number of benzene rings is 1. The third-order valence-corrected chi connectivity index (χ3v) is 6.54. The van der Waals surface area contributed by atoms with Gasteiger partial charge in [-0.2, -0.15) is 0 Å². The highest BCUT2D eigenvalue weighted by atomic mass is 16.6. The summed E-state index contributed by atoms with van der Waals surface area (Å²) in [6, 6.07) is 6.06. The molecule has 0 aromatic heterocycles. The maximum atomic E-state index is 13.0. The molecule has 5 rings (SSSR count). The summed E-state index contributed by atoms with van der Waals surface area (Å²) in [7, 11) is 0. The molecular formula is C22H29N3O4. The molecular weight excluding hydrogens is 370 g/mol. The predicted octanol–water partition coefficient (Wildman–Crippen LogP) is 1.80. The quantitative estimate of drug-likeness (QED) is 0.765. The third-order valence-electron chi connectivity index (χ3n) is 6.54. The monoisotopic (exact) mass is 399 g/mol. The summed E-state index contributed by atoms with van der Waals surface area (Å²) in [6.07, 6.45) is 5.24. The normalized spacial score (nSPS) is 24.8. The van der Waals surface area contributed by atoms with Gasteiger partial charge in [-0.15, -0.1) is 0 Å². The van der Waals surface area contributed by atoms with Crippen LogP contribution in [0.1, 0.15) is 32.1 Å². The Balaban J connectivity index is 1.18. The van der Waals surface area contributed by atoms with Gasteiger partial charge in [-0.3, -0.25) is 9.59 Å². The maximum absolute atomic E-state index is 13.0. The molecule has 7 nitrogen and oxygen atoms in total. The molecule has 156 valence electrons. The Labute approximate surface area is 171 Å². The van der Waals surface area contributed by atoms with Crippen molar-refractivity contribution in [3.8, 4) is 11.5 Å². The minimum absolute atomic E-state index is 0.00399. The van der Waals surface area contributed by atoms with Gasteiger partial charge in [0.25, 0.3) is 0 Å². The molecule has 0 radical (unpaired) electrons. The molecule has 0 spiro atoms. The van der Waals surface area contributed by atoms with Crippen LogP contribution in [0.2, 0.25) is 0 Å². The standard InChI is InChI=1S/C22H29N3O4/c26-21(24-8-5-16(6-9-24)23-14-15-1-2-15)18-7-10-25(22(18)27)17-3-4-19-20(13-17)29-12-11-28-19/h3-4,13,15-16,18,23H,1-2,5-12,14H2.